The standard InChI is InChI=1S/C48H40O4/c1-7-23-47(24-8-1)49-31-43-28-40-20-16-36-12-4-6-14-38(36)18-22-42-30-45-33-51-48(25-9-2-10-26-48)52-34-46(42,45)29-41(45)21-17-37-13-5-3-11-35(37)15-19-39(43)27-44(40,43)32-50-47/h3-6,11-14,27-30H,1-2,7-10,23-26,31-34H2. The maximum Gasteiger partial charge on any atom is 0.168 e. The summed E-state index contributed by atoms with van der Waals surface area (Å²) in [6.45, 7) is 2.23. The van der Waals surface area contributed by atoms with Crippen molar-refractivity contribution in [3.05, 3.63) is 117 Å². The van der Waals surface area contributed by atoms with Crippen LogP contribution < -0.4 is 0 Å². The summed E-state index contributed by atoms with van der Waals surface area (Å²) >= 11 is 0. The van der Waals surface area contributed by atoms with E-state index in [2.05, 4.69) is 95.9 Å². The number of hydrogen-bond donors (Lipinski definition) is 0. The number of ether oxygens (including phenoxy) is 4. The predicted molar refractivity (Wildman–Crippen MR) is 198 cm³/mol. The molecular weight excluding hydrogens is 641 g/mol. The van der Waals surface area contributed by atoms with Crippen LogP contribution in [0, 0.1) is 69.0 Å². The minimum absolute atomic E-state index is 0.337. The molecule has 6 spiro atoms. The Balaban J connectivity index is 1.02. The quantitative estimate of drug-likeness (QED) is 0.265. The van der Waals surface area contributed by atoms with Crippen molar-refractivity contribution in [1.29, 1.82) is 0 Å². The molecule has 10 aliphatic rings. The van der Waals surface area contributed by atoms with Gasteiger partial charge in [0.2, 0.25) is 0 Å². The molecular formula is C48H40O4. The summed E-state index contributed by atoms with van der Waals surface area (Å²) in [6.07, 6.45) is 20.0. The first-order chi connectivity index (χ1) is 25.5. The third kappa shape index (κ3) is 4.14. The minimum Gasteiger partial charge on any atom is -0.349 e. The highest BCUT2D eigenvalue weighted by Gasteiger charge is 2.70. The molecule has 2 heterocycles. The SMILES string of the molecule is C1#Cc2ccccc2C#CC2=CC34COC5(CCCCC5)OCC23C=C4C#Cc2ccccc2C#CC2=CC34COC5(CCCCC5)OCC23C=C14. The number of hydrogen-bond acceptors (Lipinski definition) is 4. The normalized spacial score (nSPS) is 34.6. The summed E-state index contributed by atoms with van der Waals surface area (Å²) in [6, 6.07) is 16.5. The van der Waals surface area contributed by atoms with Gasteiger partial charge in [0.05, 0.1) is 48.1 Å². The van der Waals surface area contributed by atoms with Gasteiger partial charge in [-0.2, -0.15) is 0 Å². The summed E-state index contributed by atoms with van der Waals surface area (Å²) < 4.78 is 27.0. The lowest BCUT2D eigenvalue weighted by Crippen LogP contribution is -2.59. The summed E-state index contributed by atoms with van der Waals surface area (Å²) in [5.41, 5.74) is 6.70. The highest BCUT2D eigenvalue weighted by atomic mass is 16.7. The van der Waals surface area contributed by atoms with E-state index in [1.807, 2.05) is 24.3 Å². The predicted octanol–water partition coefficient (Wildman–Crippen LogP) is 7.93. The van der Waals surface area contributed by atoms with Gasteiger partial charge in [-0.15, -0.1) is 0 Å². The van der Waals surface area contributed by atoms with Crippen molar-refractivity contribution in [2.75, 3.05) is 26.4 Å². The fourth-order valence-electron chi connectivity index (χ4n) is 10.3. The average molecular weight is 681 g/mol. The maximum absolute atomic E-state index is 6.75. The Hall–Kier alpha value is -4.52. The molecule has 256 valence electrons. The molecule has 2 aromatic carbocycles. The fraction of sp³-hybridized carbons (Fsp3) is 0.417. The largest absolute Gasteiger partial charge is 0.349 e. The van der Waals surface area contributed by atoms with E-state index < -0.39 is 11.6 Å². The van der Waals surface area contributed by atoms with Gasteiger partial charge in [-0.3, -0.25) is 0 Å². The molecule has 2 aromatic rings. The summed E-state index contributed by atoms with van der Waals surface area (Å²) in [5, 5.41) is 0. The second kappa shape index (κ2) is 11.0. The van der Waals surface area contributed by atoms with Crippen molar-refractivity contribution in [2.45, 2.75) is 75.8 Å². The van der Waals surface area contributed by atoms with Crippen LogP contribution in [-0.2, 0) is 18.9 Å². The lowest BCUT2D eigenvalue weighted by molar-refractivity contribution is -0.244. The lowest BCUT2D eigenvalue weighted by Gasteiger charge is -2.60. The van der Waals surface area contributed by atoms with E-state index in [9.17, 15) is 0 Å². The number of benzene rings is 2. The zero-order valence-corrected chi connectivity index (χ0v) is 29.5. The lowest BCUT2D eigenvalue weighted by atomic mass is 9.41. The molecule has 4 atom stereocenters. The van der Waals surface area contributed by atoms with Gasteiger partial charge < -0.3 is 18.9 Å². The molecule has 2 aliphatic heterocycles. The third-order valence-electron chi connectivity index (χ3n) is 13.7. The van der Waals surface area contributed by atoms with Crippen molar-refractivity contribution >= 4 is 0 Å². The molecule has 12 rings (SSSR count). The van der Waals surface area contributed by atoms with E-state index in [0.717, 1.165) is 95.9 Å². The summed E-state index contributed by atoms with van der Waals surface area (Å²) in [5.74, 6) is 27.5. The van der Waals surface area contributed by atoms with Gasteiger partial charge >= 0.3 is 0 Å². The highest BCUT2D eigenvalue weighted by Crippen LogP contribution is 2.70. The Morgan fingerprint density at radius 3 is 0.885 bits per heavy atom. The van der Waals surface area contributed by atoms with E-state index in [4.69, 9.17) is 18.9 Å². The van der Waals surface area contributed by atoms with Crippen LogP contribution in [0.3, 0.4) is 0 Å². The zero-order valence-electron chi connectivity index (χ0n) is 29.5. The molecule has 0 radical (unpaired) electrons. The van der Waals surface area contributed by atoms with E-state index in [0.29, 0.717) is 26.4 Å². The van der Waals surface area contributed by atoms with E-state index in [1.54, 1.807) is 0 Å². The summed E-state index contributed by atoms with van der Waals surface area (Å²) in [7, 11) is 0. The maximum atomic E-state index is 6.75. The van der Waals surface area contributed by atoms with Crippen molar-refractivity contribution in [3.8, 4) is 47.4 Å². The molecule has 2 saturated heterocycles. The second-order valence-electron chi connectivity index (χ2n) is 16.3. The number of rotatable bonds is 0. The molecule has 0 amide bonds. The van der Waals surface area contributed by atoms with Crippen LogP contribution in [0.4, 0.5) is 0 Å². The first-order valence-corrected chi connectivity index (χ1v) is 19.3. The van der Waals surface area contributed by atoms with Crippen LogP contribution in [0.15, 0.2) is 95.1 Å². The molecule has 52 heavy (non-hydrogen) atoms. The molecule has 4 heteroatoms. The third-order valence-corrected chi connectivity index (χ3v) is 13.7. The molecule has 0 aromatic heterocycles. The van der Waals surface area contributed by atoms with Crippen LogP contribution in [0.1, 0.15) is 86.5 Å². The van der Waals surface area contributed by atoms with Crippen LogP contribution in [-0.4, -0.2) is 38.0 Å². The minimum atomic E-state index is -0.512. The van der Waals surface area contributed by atoms with E-state index in [-0.39, 0.29) is 21.7 Å². The molecule has 4 nitrogen and oxygen atoms in total. The monoisotopic (exact) mass is 680 g/mol. The van der Waals surface area contributed by atoms with Gasteiger partial charge in [-0.25, -0.2) is 0 Å². The van der Waals surface area contributed by atoms with Gasteiger partial charge in [-0.1, -0.05) is 109 Å². The van der Waals surface area contributed by atoms with E-state index in [1.165, 1.54) is 12.8 Å². The van der Waals surface area contributed by atoms with Gasteiger partial charge in [0, 0.05) is 70.2 Å². The highest BCUT2D eigenvalue weighted by molar-refractivity contribution is 5.72. The first-order valence-electron chi connectivity index (χ1n) is 19.3. The molecule has 2 saturated carbocycles. The second-order valence-corrected chi connectivity index (χ2v) is 16.3. The van der Waals surface area contributed by atoms with E-state index >= 15 is 0 Å². The van der Waals surface area contributed by atoms with Gasteiger partial charge in [0.25, 0.3) is 0 Å². The van der Waals surface area contributed by atoms with Crippen LogP contribution in [0.2, 0.25) is 0 Å². The Morgan fingerprint density at radius 1 is 0.346 bits per heavy atom. The van der Waals surface area contributed by atoms with Crippen molar-refractivity contribution in [1.82, 2.24) is 0 Å². The van der Waals surface area contributed by atoms with Crippen molar-refractivity contribution < 1.29 is 18.9 Å². The Labute approximate surface area is 306 Å². The average Bonchev–Trinajstić information content (AvgIpc) is 3.25. The van der Waals surface area contributed by atoms with Gasteiger partial charge in [0.1, 0.15) is 0 Å². The molecule has 8 bridgehead atoms. The summed E-state index contributed by atoms with van der Waals surface area (Å²) in [4.78, 5) is 0. The van der Waals surface area contributed by atoms with Gasteiger partial charge in [-0.05, 0) is 49.9 Å². The Morgan fingerprint density at radius 2 is 0.615 bits per heavy atom. The first kappa shape index (κ1) is 31.0. The molecule has 0 N–H and O–H groups in total. The Bertz CT molecular complexity index is 2020. The smallest absolute Gasteiger partial charge is 0.168 e. The van der Waals surface area contributed by atoms with Crippen LogP contribution >= 0.6 is 0 Å². The fourth-order valence-corrected chi connectivity index (χ4v) is 10.3. The molecule has 4 unspecified atom stereocenters. The van der Waals surface area contributed by atoms with Gasteiger partial charge in [0.15, 0.2) is 11.6 Å². The van der Waals surface area contributed by atoms with Crippen molar-refractivity contribution in [2.24, 2.45) is 21.7 Å². The van der Waals surface area contributed by atoms with Crippen LogP contribution in [0.25, 0.3) is 0 Å². The van der Waals surface area contributed by atoms with Crippen LogP contribution in [0.5, 0.6) is 0 Å². The zero-order chi connectivity index (χ0) is 34.5. The topological polar surface area (TPSA) is 36.9 Å². The van der Waals surface area contributed by atoms with Crippen molar-refractivity contribution in [3.63, 3.8) is 0 Å². The molecule has 4 fully saturated rings. The Kier molecular flexibility index (Phi) is 6.57. The molecule has 8 aliphatic carbocycles.